The number of hydrogen-bond acceptors (Lipinski definition) is 3. The van der Waals surface area contributed by atoms with Gasteiger partial charge in [-0.15, -0.1) is 0 Å². The van der Waals surface area contributed by atoms with Gasteiger partial charge in [0.1, 0.15) is 0 Å². The molecule has 3 rings (SSSR count). The van der Waals surface area contributed by atoms with E-state index in [1.807, 2.05) is 44.0 Å². The third-order valence-corrected chi connectivity index (χ3v) is 4.55. The molecule has 2 amide bonds. The van der Waals surface area contributed by atoms with Gasteiger partial charge in [0.15, 0.2) is 0 Å². The molecule has 0 radical (unpaired) electrons. The number of para-hydroxylation sites is 1. The highest BCUT2D eigenvalue weighted by atomic mass is 16.2. The van der Waals surface area contributed by atoms with Gasteiger partial charge in [-0.3, -0.25) is 9.88 Å². The fourth-order valence-electron chi connectivity index (χ4n) is 3.28. The van der Waals surface area contributed by atoms with Gasteiger partial charge in [-0.2, -0.15) is 0 Å². The first-order valence-electron chi connectivity index (χ1n) is 8.31. The van der Waals surface area contributed by atoms with Crippen LogP contribution in [0.5, 0.6) is 0 Å². The van der Waals surface area contributed by atoms with E-state index in [4.69, 9.17) is 4.98 Å². The van der Waals surface area contributed by atoms with E-state index in [0.717, 1.165) is 47.4 Å². The van der Waals surface area contributed by atoms with Crippen molar-refractivity contribution in [2.45, 2.75) is 26.8 Å². The summed E-state index contributed by atoms with van der Waals surface area (Å²) in [7, 11) is 1.87. The fourth-order valence-corrected chi connectivity index (χ4v) is 3.28. The zero-order chi connectivity index (χ0) is 16.4. The number of nitrogens with one attached hydrogen (secondary N) is 1. The number of hydrogen-bond donors (Lipinski definition) is 1. The predicted octanol–water partition coefficient (Wildman–Crippen LogP) is 2.78. The van der Waals surface area contributed by atoms with Crippen LogP contribution in [0.25, 0.3) is 10.9 Å². The van der Waals surface area contributed by atoms with E-state index >= 15 is 0 Å². The first-order chi connectivity index (χ1) is 11.2. The summed E-state index contributed by atoms with van der Waals surface area (Å²) in [6.45, 7) is 7.14. The molecule has 1 aromatic carbocycles. The van der Waals surface area contributed by atoms with E-state index in [0.29, 0.717) is 13.1 Å². The van der Waals surface area contributed by atoms with Gasteiger partial charge in [0.2, 0.25) is 0 Å². The predicted molar refractivity (Wildman–Crippen MR) is 93.9 cm³/mol. The Balaban J connectivity index is 2.16. The quantitative estimate of drug-likeness (QED) is 0.948. The van der Waals surface area contributed by atoms with Crippen LogP contribution in [0.4, 0.5) is 10.5 Å². The van der Waals surface area contributed by atoms with E-state index in [2.05, 4.69) is 11.4 Å². The number of anilines is 1. The van der Waals surface area contributed by atoms with Crippen molar-refractivity contribution in [2.24, 2.45) is 0 Å². The number of pyridine rings is 1. The standard InChI is InChI=1S/C18H24N4O/c1-4-22(5-2)18(23)21(3)17-13-8-6-7-9-15(13)20-16-10-11-19-12-14(16)17/h6-9,19H,4-5,10-12H2,1-3H3. The van der Waals surface area contributed by atoms with Gasteiger partial charge in [0.05, 0.1) is 11.2 Å². The SMILES string of the molecule is CCN(CC)C(=O)N(C)c1c2c(nc3ccccc13)CCNC2. The number of carbonyl (C=O) groups excluding carboxylic acids is 1. The Kier molecular flexibility index (Phi) is 4.48. The highest BCUT2D eigenvalue weighted by Crippen LogP contribution is 2.33. The molecule has 1 aliphatic rings. The summed E-state index contributed by atoms with van der Waals surface area (Å²) in [5.74, 6) is 0. The first-order valence-corrected chi connectivity index (χ1v) is 8.31. The average Bonchev–Trinajstić information content (AvgIpc) is 2.60. The Bertz CT molecular complexity index is 724. The molecule has 0 saturated carbocycles. The molecule has 2 heterocycles. The summed E-state index contributed by atoms with van der Waals surface area (Å²) in [4.78, 5) is 21.3. The smallest absolute Gasteiger partial charge is 0.324 e. The van der Waals surface area contributed by atoms with Gasteiger partial charge in [-0.25, -0.2) is 4.79 Å². The monoisotopic (exact) mass is 312 g/mol. The lowest BCUT2D eigenvalue weighted by Crippen LogP contribution is -2.42. The van der Waals surface area contributed by atoms with E-state index in [9.17, 15) is 4.79 Å². The first kappa shape index (κ1) is 15.7. The van der Waals surface area contributed by atoms with Crippen molar-refractivity contribution in [3.8, 4) is 0 Å². The minimum Gasteiger partial charge on any atom is -0.325 e. The van der Waals surface area contributed by atoms with Crippen molar-refractivity contribution >= 4 is 22.6 Å². The van der Waals surface area contributed by atoms with Gasteiger partial charge in [-0.05, 0) is 19.9 Å². The third kappa shape index (κ3) is 2.77. The topological polar surface area (TPSA) is 48.5 Å². The maximum atomic E-state index is 12.8. The minimum atomic E-state index is 0.0409. The Hall–Kier alpha value is -2.14. The normalized spacial score (nSPS) is 13.7. The van der Waals surface area contributed by atoms with Crippen LogP contribution >= 0.6 is 0 Å². The molecule has 0 unspecified atom stereocenters. The number of fused-ring (bicyclic) bond motifs is 2. The summed E-state index contributed by atoms with van der Waals surface area (Å²) in [5.41, 5.74) is 4.21. The number of aromatic nitrogens is 1. The lowest BCUT2D eigenvalue weighted by molar-refractivity contribution is 0.211. The van der Waals surface area contributed by atoms with E-state index in [-0.39, 0.29) is 6.03 Å². The van der Waals surface area contributed by atoms with E-state index in [1.165, 1.54) is 0 Å². The molecular weight excluding hydrogens is 288 g/mol. The summed E-state index contributed by atoms with van der Waals surface area (Å²) in [6, 6.07) is 8.12. The molecule has 0 spiro atoms. The summed E-state index contributed by atoms with van der Waals surface area (Å²) < 4.78 is 0. The molecule has 0 fully saturated rings. The zero-order valence-corrected chi connectivity index (χ0v) is 14.1. The molecule has 2 aromatic rings. The van der Waals surface area contributed by atoms with Crippen LogP contribution in [0.15, 0.2) is 24.3 Å². The van der Waals surface area contributed by atoms with Crippen LogP contribution in [-0.4, -0.2) is 42.6 Å². The fraction of sp³-hybridized carbons (Fsp3) is 0.444. The van der Waals surface area contributed by atoms with Crippen molar-refractivity contribution in [1.82, 2.24) is 15.2 Å². The van der Waals surface area contributed by atoms with Gasteiger partial charge < -0.3 is 10.2 Å². The highest BCUT2D eigenvalue weighted by molar-refractivity contribution is 6.03. The van der Waals surface area contributed by atoms with Gasteiger partial charge in [-0.1, -0.05) is 18.2 Å². The zero-order valence-electron chi connectivity index (χ0n) is 14.1. The number of amides is 2. The second-order valence-corrected chi connectivity index (χ2v) is 5.84. The van der Waals surface area contributed by atoms with Crippen LogP contribution in [0, 0.1) is 0 Å². The van der Waals surface area contributed by atoms with Gasteiger partial charge >= 0.3 is 6.03 Å². The molecule has 122 valence electrons. The Morgan fingerprint density at radius 2 is 2.00 bits per heavy atom. The largest absolute Gasteiger partial charge is 0.325 e. The van der Waals surface area contributed by atoms with E-state index in [1.54, 1.807) is 4.90 Å². The molecule has 1 aromatic heterocycles. The van der Waals surface area contributed by atoms with Crippen molar-refractivity contribution in [1.29, 1.82) is 0 Å². The van der Waals surface area contributed by atoms with Crippen LogP contribution < -0.4 is 10.2 Å². The lowest BCUT2D eigenvalue weighted by atomic mass is 10.0. The molecule has 1 aliphatic heterocycles. The Labute approximate surface area is 137 Å². The van der Waals surface area contributed by atoms with Crippen molar-refractivity contribution in [3.63, 3.8) is 0 Å². The minimum absolute atomic E-state index is 0.0409. The third-order valence-electron chi connectivity index (χ3n) is 4.55. The van der Waals surface area contributed by atoms with Crippen molar-refractivity contribution in [2.75, 3.05) is 31.6 Å². The molecule has 5 heteroatoms. The second-order valence-electron chi connectivity index (χ2n) is 5.84. The molecule has 5 nitrogen and oxygen atoms in total. The molecule has 0 atom stereocenters. The molecule has 23 heavy (non-hydrogen) atoms. The Morgan fingerprint density at radius 3 is 2.74 bits per heavy atom. The van der Waals surface area contributed by atoms with E-state index < -0.39 is 0 Å². The average molecular weight is 312 g/mol. The molecule has 1 N–H and O–H groups in total. The molecule has 0 saturated heterocycles. The number of urea groups is 1. The lowest BCUT2D eigenvalue weighted by Gasteiger charge is -2.30. The van der Waals surface area contributed by atoms with Crippen LogP contribution in [0.2, 0.25) is 0 Å². The van der Waals surface area contributed by atoms with Crippen LogP contribution in [0.3, 0.4) is 0 Å². The van der Waals surface area contributed by atoms with Crippen LogP contribution in [-0.2, 0) is 13.0 Å². The van der Waals surface area contributed by atoms with Gasteiger partial charge in [0, 0.05) is 56.3 Å². The number of benzene rings is 1. The van der Waals surface area contributed by atoms with Crippen molar-refractivity contribution in [3.05, 3.63) is 35.5 Å². The summed E-state index contributed by atoms with van der Waals surface area (Å²) in [6.07, 6.45) is 0.903. The van der Waals surface area contributed by atoms with Crippen molar-refractivity contribution < 1.29 is 4.79 Å². The number of rotatable bonds is 3. The van der Waals surface area contributed by atoms with Crippen LogP contribution in [0.1, 0.15) is 25.1 Å². The summed E-state index contributed by atoms with van der Waals surface area (Å²) in [5, 5.41) is 4.45. The maximum absolute atomic E-state index is 12.8. The highest BCUT2D eigenvalue weighted by Gasteiger charge is 2.25. The second kappa shape index (κ2) is 6.54. The molecule has 0 bridgehead atoms. The maximum Gasteiger partial charge on any atom is 0.324 e. The number of carbonyl (C=O) groups is 1. The molecule has 0 aliphatic carbocycles. The Morgan fingerprint density at radius 1 is 1.26 bits per heavy atom. The summed E-state index contributed by atoms with van der Waals surface area (Å²) >= 11 is 0. The number of nitrogens with zero attached hydrogens (tertiary/aromatic N) is 3. The molecular formula is C18H24N4O. The van der Waals surface area contributed by atoms with Gasteiger partial charge in [0.25, 0.3) is 0 Å².